The molecule has 0 bridgehead atoms. The summed E-state index contributed by atoms with van der Waals surface area (Å²) in [6.07, 6.45) is 0.955. The molecule has 4 aromatic rings. The van der Waals surface area contributed by atoms with Crippen LogP contribution in [-0.4, -0.2) is 50.3 Å². The molecular formula is C28H27Cl2N3O4. The van der Waals surface area contributed by atoms with E-state index in [1.54, 1.807) is 36.4 Å². The maximum atomic E-state index is 11.4. The molecule has 1 aromatic heterocycles. The quantitative estimate of drug-likeness (QED) is 0.253. The van der Waals surface area contributed by atoms with Crippen LogP contribution in [0.2, 0.25) is 10.0 Å². The molecule has 0 radical (unpaired) electrons. The monoisotopic (exact) mass is 539 g/mol. The zero-order chi connectivity index (χ0) is 25.9. The molecule has 5 rings (SSSR count). The van der Waals surface area contributed by atoms with Gasteiger partial charge in [-0.2, -0.15) is 0 Å². The first-order chi connectivity index (χ1) is 17.9. The molecule has 0 unspecified atom stereocenters. The first kappa shape index (κ1) is 25.7. The molecule has 192 valence electrons. The maximum Gasteiger partial charge on any atom is 0.335 e. The van der Waals surface area contributed by atoms with E-state index in [2.05, 4.69) is 22.0 Å². The van der Waals surface area contributed by atoms with Gasteiger partial charge in [0.15, 0.2) is 0 Å². The molecule has 0 amide bonds. The number of piperidine rings is 1. The lowest BCUT2D eigenvalue weighted by Gasteiger charge is -2.42. The van der Waals surface area contributed by atoms with Crippen LogP contribution in [0.1, 0.15) is 52.3 Å². The van der Waals surface area contributed by atoms with Crippen LogP contribution < -0.4 is 0 Å². The number of carboxylic acids is 1. The van der Waals surface area contributed by atoms with E-state index >= 15 is 0 Å². The molecule has 37 heavy (non-hydrogen) atoms. The average Bonchev–Trinajstić information content (AvgIpc) is 3.28. The first-order valence-corrected chi connectivity index (χ1v) is 12.9. The van der Waals surface area contributed by atoms with Crippen molar-refractivity contribution in [1.82, 2.24) is 14.9 Å². The summed E-state index contributed by atoms with van der Waals surface area (Å²) in [7, 11) is 0. The highest BCUT2D eigenvalue weighted by atomic mass is 35.5. The van der Waals surface area contributed by atoms with Gasteiger partial charge in [-0.3, -0.25) is 4.90 Å². The van der Waals surface area contributed by atoms with Gasteiger partial charge >= 0.3 is 5.97 Å². The van der Waals surface area contributed by atoms with Gasteiger partial charge in [0.05, 0.1) is 41.9 Å². The molecular weight excluding hydrogens is 513 g/mol. The molecule has 0 saturated carbocycles. The number of aliphatic hydroxyl groups is 1. The fraction of sp³-hybridized carbons (Fsp3) is 0.286. The van der Waals surface area contributed by atoms with Crippen LogP contribution in [0.25, 0.3) is 11.0 Å². The lowest BCUT2D eigenvalue weighted by molar-refractivity contribution is -0.101. The van der Waals surface area contributed by atoms with Gasteiger partial charge in [-0.15, -0.1) is 0 Å². The molecule has 7 nitrogen and oxygen atoms in total. The van der Waals surface area contributed by atoms with Crippen LogP contribution >= 0.6 is 23.2 Å². The second-order valence-corrected chi connectivity index (χ2v) is 10.1. The third kappa shape index (κ3) is 5.81. The molecule has 2 heterocycles. The van der Waals surface area contributed by atoms with Gasteiger partial charge in [-0.05, 0) is 66.9 Å². The van der Waals surface area contributed by atoms with Crippen LogP contribution in [0.3, 0.4) is 0 Å². The Morgan fingerprint density at radius 3 is 2.57 bits per heavy atom. The van der Waals surface area contributed by atoms with Crippen molar-refractivity contribution in [3.63, 3.8) is 0 Å². The largest absolute Gasteiger partial charge is 0.478 e. The van der Waals surface area contributed by atoms with Gasteiger partial charge in [0.1, 0.15) is 11.9 Å². The van der Waals surface area contributed by atoms with Crippen LogP contribution in [0.5, 0.6) is 0 Å². The normalized spacial score (nSPS) is 19.2. The molecule has 1 saturated heterocycles. The SMILES string of the molecule is O=C(O)c1ccc2nc(CN3CCC[C@H](O[C@@H](CO)c4cc(Cl)cc(Cl)c4)[C@@H]3c3ccccc3)[nH]c2c1. The minimum atomic E-state index is -0.974. The van der Waals surface area contributed by atoms with E-state index in [4.69, 9.17) is 32.9 Å². The number of nitrogens with zero attached hydrogens (tertiary/aromatic N) is 2. The summed E-state index contributed by atoms with van der Waals surface area (Å²) >= 11 is 12.4. The summed E-state index contributed by atoms with van der Waals surface area (Å²) in [6.45, 7) is 1.16. The van der Waals surface area contributed by atoms with Crippen molar-refractivity contribution in [2.75, 3.05) is 13.2 Å². The number of fused-ring (bicyclic) bond motifs is 1. The number of hydrogen-bond donors (Lipinski definition) is 3. The number of aromatic nitrogens is 2. The zero-order valence-corrected chi connectivity index (χ0v) is 21.5. The smallest absolute Gasteiger partial charge is 0.335 e. The zero-order valence-electron chi connectivity index (χ0n) is 20.0. The number of benzene rings is 3. The summed E-state index contributed by atoms with van der Waals surface area (Å²) in [4.78, 5) is 21.7. The number of hydrogen-bond acceptors (Lipinski definition) is 5. The number of carboxylic acid groups (broad SMARTS) is 1. The average molecular weight is 540 g/mol. The molecule has 3 atom stereocenters. The molecule has 3 aromatic carbocycles. The molecule has 0 aliphatic carbocycles. The van der Waals surface area contributed by atoms with Gasteiger partial charge in [-0.25, -0.2) is 9.78 Å². The number of nitrogens with one attached hydrogen (secondary N) is 1. The summed E-state index contributed by atoms with van der Waals surface area (Å²) < 4.78 is 6.57. The van der Waals surface area contributed by atoms with Crippen molar-refractivity contribution < 1.29 is 19.7 Å². The van der Waals surface area contributed by atoms with E-state index in [-0.39, 0.29) is 24.3 Å². The Hall–Kier alpha value is -2.94. The summed E-state index contributed by atoms with van der Waals surface area (Å²) in [5, 5.41) is 20.5. The number of ether oxygens (including phenoxy) is 1. The minimum absolute atomic E-state index is 0.0820. The van der Waals surface area contributed by atoms with Crippen LogP contribution in [0.15, 0.2) is 66.7 Å². The topological polar surface area (TPSA) is 98.7 Å². The van der Waals surface area contributed by atoms with Crippen LogP contribution in [-0.2, 0) is 11.3 Å². The van der Waals surface area contributed by atoms with E-state index in [9.17, 15) is 15.0 Å². The van der Waals surface area contributed by atoms with Crippen molar-refractivity contribution in [3.8, 4) is 0 Å². The second kappa shape index (κ2) is 11.2. The van der Waals surface area contributed by atoms with Crippen molar-refractivity contribution in [3.05, 3.63) is 99.3 Å². The molecule has 1 aliphatic heterocycles. The van der Waals surface area contributed by atoms with Gasteiger partial charge < -0.3 is 19.9 Å². The Bertz CT molecular complexity index is 1370. The number of imidazole rings is 1. The third-order valence-corrected chi connectivity index (χ3v) is 7.15. The Kier molecular flexibility index (Phi) is 7.79. The molecule has 9 heteroatoms. The standard InChI is InChI=1S/C28H27Cl2N3O4/c29-20-11-19(12-21(30)14-20)25(16-34)37-24-7-4-10-33(27(24)17-5-2-1-3-6-17)15-26-31-22-9-8-18(28(35)36)13-23(22)32-26/h1-3,5-6,8-9,11-14,24-25,27,34H,4,7,10,15-16H2,(H,31,32)(H,35,36)/t24-,25-,27-/m0/s1. The Morgan fingerprint density at radius 2 is 1.86 bits per heavy atom. The third-order valence-electron chi connectivity index (χ3n) is 6.71. The Balaban J connectivity index is 1.44. The highest BCUT2D eigenvalue weighted by molar-refractivity contribution is 6.34. The number of carbonyl (C=O) groups is 1. The highest BCUT2D eigenvalue weighted by Gasteiger charge is 2.35. The van der Waals surface area contributed by atoms with E-state index in [1.165, 1.54) is 0 Å². The van der Waals surface area contributed by atoms with Gasteiger partial charge in [0.25, 0.3) is 0 Å². The second-order valence-electron chi connectivity index (χ2n) is 9.24. The van der Waals surface area contributed by atoms with Gasteiger partial charge in [0, 0.05) is 10.0 Å². The van der Waals surface area contributed by atoms with E-state index in [0.717, 1.165) is 41.9 Å². The van der Waals surface area contributed by atoms with Gasteiger partial charge in [0.2, 0.25) is 0 Å². The molecule has 1 aliphatic rings. The number of aromatic carboxylic acids is 1. The fourth-order valence-electron chi connectivity index (χ4n) is 5.09. The summed E-state index contributed by atoms with van der Waals surface area (Å²) in [5.41, 5.74) is 3.47. The Morgan fingerprint density at radius 1 is 1.11 bits per heavy atom. The number of halogens is 2. The maximum absolute atomic E-state index is 11.4. The van der Waals surface area contributed by atoms with Gasteiger partial charge in [-0.1, -0.05) is 53.5 Å². The Labute approximate surface area is 224 Å². The lowest BCUT2D eigenvalue weighted by atomic mass is 9.91. The van der Waals surface area contributed by atoms with Crippen LogP contribution in [0, 0.1) is 0 Å². The first-order valence-electron chi connectivity index (χ1n) is 12.1. The highest BCUT2D eigenvalue weighted by Crippen LogP contribution is 2.37. The fourth-order valence-corrected chi connectivity index (χ4v) is 5.63. The predicted molar refractivity (Wildman–Crippen MR) is 143 cm³/mol. The van der Waals surface area contributed by atoms with Crippen molar-refractivity contribution in [1.29, 1.82) is 0 Å². The summed E-state index contributed by atoms with van der Waals surface area (Å²) in [6, 6.07) is 20.2. The van der Waals surface area contributed by atoms with Crippen LogP contribution in [0.4, 0.5) is 0 Å². The van der Waals surface area contributed by atoms with Crippen molar-refractivity contribution >= 4 is 40.2 Å². The molecule has 0 spiro atoms. The number of likely N-dealkylation sites (tertiary alicyclic amines) is 1. The van der Waals surface area contributed by atoms with E-state index in [0.29, 0.717) is 22.1 Å². The number of aromatic amines is 1. The number of rotatable bonds is 8. The van der Waals surface area contributed by atoms with E-state index < -0.39 is 12.1 Å². The van der Waals surface area contributed by atoms with Crippen molar-refractivity contribution in [2.24, 2.45) is 0 Å². The predicted octanol–water partition coefficient (Wildman–Crippen LogP) is 6.02. The number of aliphatic hydroxyl groups excluding tert-OH is 1. The lowest BCUT2D eigenvalue weighted by Crippen LogP contribution is -2.43. The van der Waals surface area contributed by atoms with E-state index in [1.807, 2.05) is 18.2 Å². The molecule has 3 N–H and O–H groups in total. The number of H-pyrrole nitrogens is 1. The minimum Gasteiger partial charge on any atom is -0.478 e. The summed E-state index contributed by atoms with van der Waals surface area (Å²) in [5.74, 6) is -0.225. The molecule has 1 fully saturated rings. The van der Waals surface area contributed by atoms with Crippen molar-refractivity contribution in [2.45, 2.75) is 37.6 Å².